The van der Waals surface area contributed by atoms with Crippen LogP contribution in [0.3, 0.4) is 0 Å². The molecule has 2 aromatic rings. The van der Waals surface area contributed by atoms with Gasteiger partial charge in [0.2, 0.25) is 0 Å². The van der Waals surface area contributed by atoms with Crippen molar-refractivity contribution in [1.29, 1.82) is 0 Å². The topological polar surface area (TPSA) is 17.1 Å². The molecule has 0 aliphatic carbocycles. The van der Waals surface area contributed by atoms with Crippen molar-refractivity contribution in [1.82, 2.24) is 0 Å². The molecule has 0 radical (unpaired) electrons. The maximum Gasteiger partial charge on any atom is 1.00 e. The van der Waals surface area contributed by atoms with Gasteiger partial charge < -0.3 is 13.4 Å². The molecule has 0 aliphatic heterocycles. The van der Waals surface area contributed by atoms with E-state index in [1.54, 1.807) is 0 Å². The number of hydrogen-bond donors (Lipinski definition) is 0. The van der Waals surface area contributed by atoms with Crippen molar-refractivity contribution in [3.8, 4) is 11.1 Å². The molecule has 2 aromatic carbocycles. The van der Waals surface area contributed by atoms with Gasteiger partial charge in [0.15, 0.2) is 0 Å². The van der Waals surface area contributed by atoms with Gasteiger partial charge in [-0.15, -0.1) is 0 Å². The summed E-state index contributed by atoms with van der Waals surface area (Å²) in [5.41, 5.74) is 2.29. The van der Waals surface area contributed by atoms with Gasteiger partial charge in [0.05, 0.1) is 0 Å². The van der Waals surface area contributed by atoms with Gasteiger partial charge in [-0.05, 0) is 17.2 Å². The van der Waals surface area contributed by atoms with Crippen molar-refractivity contribution >= 4 is 19.9 Å². The summed E-state index contributed by atoms with van der Waals surface area (Å²) in [6.07, 6.45) is 0. The standard InChI is InChI=1S/C13H10OP.Li/c14-10-15-13-9-5-4-8-12(13)11-6-2-1-3-7-11;/h1-10H;/q-1;+1. The SMILES string of the molecule is O=C[P-]c1ccccc1-c1ccccc1.[Li+]. The number of hydrogen-bond acceptors (Lipinski definition) is 1. The molecule has 0 heterocycles. The molecule has 16 heavy (non-hydrogen) atoms. The first-order valence-electron chi connectivity index (χ1n) is 4.71. The minimum absolute atomic E-state index is 0. The predicted molar refractivity (Wildman–Crippen MR) is 65.2 cm³/mol. The minimum Gasteiger partial charge on any atom is -0.435 e. The molecule has 74 valence electrons. The summed E-state index contributed by atoms with van der Waals surface area (Å²) in [7, 11) is 0.724. The smallest absolute Gasteiger partial charge is 0.435 e. The van der Waals surface area contributed by atoms with Crippen molar-refractivity contribution in [3.05, 3.63) is 54.6 Å². The van der Waals surface area contributed by atoms with E-state index in [0.29, 0.717) is 0 Å². The van der Waals surface area contributed by atoms with E-state index in [1.165, 1.54) is 0 Å². The monoisotopic (exact) mass is 220 g/mol. The van der Waals surface area contributed by atoms with E-state index in [0.717, 1.165) is 31.0 Å². The predicted octanol–water partition coefficient (Wildman–Crippen LogP) is 0.119. The second-order valence-electron chi connectivity index (χ2n) is 3.12. The van der Waals surface area contributed by atoms with Crippen molar-refractivity contribution in [2.24, 2.45) is 0 Å². The van der Waals surface area contributed by atoms with Crippen molar-refractivity contribution in [2.75, 3.05) is 0 Å². The van der Waals surface area contributed by atoms with Gasteiger partial charge in [0.1, 0.15) is 0 Å². The van der Waals surface area contributed by atoms with Crippen LogP contribution in [0.25, 0.3) is 11.1 Å². The second-order valence-corrected chi connectivity index (χ2v) is 4.07. The molecule has 0 N–H and O–H groups in total. The summed E-state index contributed by atoms with van der Waals surface area (Å²) < 4.78 is 0. The average Bonchev–Trinajstić information content (AvgIpc) is 2.31. The molecule has 0 bridgehead atoms. The Bertz CT molecular complexity index is 456. The summed E-state index contributed by atoms with van der Waals surface area (Å²) in [5, 5.41) is 1.05. The van der Waals surface area contributed by atoms with Crippen LogP contribution in [0.15, 0.2) is 54.6 Å². The van der Waals surface area contributed by atoms with Gasteiger partial charge in [-0.25, -0.2) is 0 Å². The Kier molecular flexibility index (Phi) is 5.50. The Labute approximate surface area is 109 Å². The Morgan fingerprint density at radius 1 is 0.875 bits per heavy atom. The van der Waals surface area contributed by atoms with Crippen molar-refractivity contribution in [3.63, 3.8) is 0 Å². The maximum absolute atomic E-state index is 10.5. The minimum atomic E-state index is 0. The third-order valence-electron chi connectivity index (χ3n) is 2.18. The molecular weight excluding hydrogens is 210 g/mol. The van der Waals surface area contributed by atoms with Crippen LogP contribution in [0.4, 0.5) is 0 Å². The van der Waals surface area contributed by atoms with E-state index >= 15 is 0 Å². The normalized spacial score (nSPS) is 10.0. The molecular formula is C13H10LiOP. The zero-order valence-corrected chi connectivity index (χ0v) is 10.0. The van der Waals surface area contributed by atoms with E-state index in [4.69, 9.17) is 0 Å². The third-order valence-corrected chi connectivity index (χ3v) is 2.95. The van der Waals surface area contributed by atoms with E-state index in [2.05, 4.69) is 12.1 Å². The molecule has 0 amide bonds. The quantitative estimate of drug-likeness (QED) is 0.408. The number of benzene rings is 2. The maximum atomic E-state index is 10.5. The molecule has 2 rings (SSSR count). The van der Waals surface area contributed by atoms with Crippen LogP contribution in [-0.2, 0) is 4.79 Å². The summed E-state index contributed by atoms with van der Waals surface area (Å²) in [4.78, 5) is 10.5. The van der Waals surface area contributed by atoms with Gasteiger partial charge in [0, 0.05) is 0 Å². The van der Waals surface area contributed by atoms with E-state index in [-0.39, 0.29) is 18.9 Å². The molecule has 0 unspecified atom stereocenters. The van der Waals surface area contributed by atoms with Gasteiger partial charge in [0.25, 0.3) is 0 Å². The third kappa shape index (κ3) is 3.06. The number of carbonyl (C=O) groups excluding carboxylic acids is 1. The number of carbonyl (C=O) groups is 1. The fraction of sp³-hybridized carbons (Fsp3) is 0. The van der Waals surface area contributed by atoms with Crippen molar-refractivity contribution in [2.45, 2.75) is 0 Å². The molecule has 0 aliphatic rings. The zero-order valence-electron chi connectivity index (χ0n) is 9.13. The molecule has 0 atom stereocenters. The van der Waals surface area contributed by atoms with Crippen LogP contribution >= 0.6 is 8.58 Å². The second kappa shape index (κ2) is 6.66. The molecule has 0 saturated heterocycles. The summed E-state index contributed by atoms with van der Waals surface area (Å²) in [5.74, 6) is 0. The van der Waals surface area contributed by atoms with Crippen LogP contribution in [-0.4, -0.2) is 6.03 Å². The fourth-order valence-corrected chi connectivity index (χ4v) is 2.13. The van der Waals surface area contributed by atoms with Gasteiger partial charge in [-0.3, -0.25) is 0 Å². The van der Waals surface area contributed by atoms with Crippen LogP contribution in [0.2, 0.25) is 0 Å². The molecule has 0 spiro atoms. The van der Waals surface area contributed by atoms with Crippen LogP contribution in [0, 0.1) is 0 Å². The fourth-order valence-electron chi connectivity index (χ4n) is 1.50. The van der Waals surface area contributed by atoms with Crippen LogP contribution in [0.5, 0.6) is 0 Å². The van der Waals surface area contributed by atoms with Gasteiger partial charge >= 0.3 is 18.9 Å². The summed E-state index contributed by atoms with van der Waals surface area (Å²) in [6.45, 7) is 0. The first kappa shape index (κ1) is 13.2. The molecule has 0 fully saturated rings. The first-order chi connectivity index (χ1) is 7.42. The van der Waals surface area contributed by atoms with Gasteiger partial charge in [-0.1, -0.05) is 54.6 Å². The van der Waals surface area contributed by atoms with E-state index < -0.39 is 0 Å². The zero-order chi connectivity index (χ0) is 10.5. The van der Waals surface area contributed by atoms with E-state index in [9.17, 15) is 4.79 Å². The summed E-state index contributed by atoms with van der Waals surface area (Å²) >= 11 is 0. The molecule has 3 heteroatoms. The van der Waals surface area contributed by atoms with Crippen LogP contribution in [0.1, 0.15) is 0 Å². The molecule has 0 aromatic heterocycles. The summed E-state index contributed by atoms with van der Waals surface area (Å²) in [6, 6.07) is 19.0. The molecule has 1 nitrogen and oxygen atoms in total. The Hall–Kier alpha value is -0.863. The van der Waals surface area contributed by atoms with Gasteiger partial charge in [-0.2, -0.15) is 5.30 Å². The molecule has 0 saturated carbocycles. The first-order valence-corrected chi connectivity index (χ1v) is 5.67. The largest absolute Gasteiger partial charge is 1.00 e. The van der Waals surface area contributed by atoms with E-state index in [1.807, 2.05) is 42.5 Å². The van der Waals surface area contributed by atoms with Crippen molar-refractivity contribution < 1.29 is 23.7 Å². The Morgan fingerprint density at radius 3 is 2.19 bits per heavy atom. The average molecular weight is 220 g/mol. The Balaban J connectivity index is 0.00000128. The Morgan fingerprint density at radius 2 is 1.50 bits per heavy atom. The number of rotatable bonds is 3. The van der Waals surface area contributed by atoms with Crippen LogP contribution < -0.4 is 24.2 Å².